The van der Waals surface area contributed by atoms with Crippen LogP contribution in [0.15, 0.2) is 45.8 Å². The maximum absolute atomic E-state index is 12.6. The third-order valence-electron chi connectivity index (χ3n) is 5.35. The molecule has 0 unspecified atom stereocenters. The van der Waals surface area contributed by atoms with Crippen LogP contribution < -0.4 is 10.7 Å². The van der Waals surface area contributed by atoms with E-state index in [-0.39, 0.29) is 11.5 Å². The fraction of sp³-hybridized carbons (Fsp3) is 0.381. The fourth-order valence-corrected chi connectivity index (χ4v) is 3.79. The van der Waals surface area contributed by atoms with Gasteiger partial charge in [-0.05, 0) is 56.9 Å². The number of hydrogen-bond acceptors (Lipinski definition) is 4. The second kappa shape index (κ2) is 7.50. The third kappa shape index (κ3) is 3.78. The zero-order valence-electron chi connectivity index (χ0n) is 16.1. The molecule has 2 aromatic heterocycles. The summed E-state index contributed by atoms with van der Waals surface area (Å²) in [6.45, 7) is 6.41. The summed E-state index contributed by atoms with van der Waals surface area (Å²) in [5.74, 6) is 0.521. The van der Waals surface area contributed by atoms with Gasteiger partial charge >= 0.3 is 6.03 Å². The van der Waals surface area contributed by atoms with E-state index in [0.29, 0.717) is 35.7 Å². The van der Waals surface area contributed by atoms with Gasteiger partial charge in [0.2, 0.25) is 0 Å². The number of aromatic nitrogens is 2. The minimum atomic E-state index is -0.135. The molecule has 0 radical (unpaired) electrons. The molecule has 4 rings (SSSR count). The van der Waals surface area contributed by atoms with Gasteiger partial charge in [-0.3, -0.25) is 9.48 Å². The summed E-state index contributed by atoms with van der Waals surface area (Å²) < 4.78 is 7.37. The van der Waals surface area contributed by atoms with Gasteiger partial charge in [-0.1, -0.05) is 0 Å². The van der Waals surface area contributed by atoms with Crippen LogP contribution in [-0.4, -0.2) is 33.8 Å². The number of aryl methyl sites for hydroxylation is 2. The summed E-state index contributed by atoms with van der Waals surface area (Å²) >= 11 is 0. The number of piperidine rings is 1. The zero-order valence-corrected chi connectivity index (χ0v) is 16.1. The number of carbonyl (C=O) groups is 1. The van der Waals surface area contributed by atoms with E-state index >= 15 is 0 Å². The van der Waals surface area contributed by atoms with Crippen LogP contribution >= 0.6 is 0 Å². The molecule has 0 aliphatic carbocycles. The van der Waals surface area contributed by atoms with Crippen molar-refractivity contribution in [3.8, 4) is 0 Å². The number of fused-ring (bicyclic) bond motifs is 1. The molecule has 1 aromatic carbocycles. The lowest BCUT2D eigenvalue weighted by molar-refractivity contribution is 0.175. The smallest absolute Gasteiger partial charge is 0.321 e. The van der Waals surface area contributed by atoms with Crippen molar-refractivity contribution in [2.45, 2.75) is 33.2 Å². The highest BCUT2D eigenvalue weighted by atomic mass is 16.3. The van der Waals surface area contributed by atoms with E-state index < -0.39 is 0 Å². The summed E-state index contributed by atoms with van der Waals surface area (Å²) in [4.78, 5) is 26.4. The Labute approximate surface area is 162 Å². The van der Waals surface area contributed by atoms with Crippen molar-refractivity contribution >= 4 is 22.7 Å². The Hall–Kier alpha value is -3.09. The van der Waals surface area contributed by atoms with Gasteiger partial charge in [-0.15, -0.1) is 0 Å². The summed E-state index contributed by atoms with van der Waals surface area (Å²) in [5.41, 5.74) is 3.20. The van der Waals surface area contributed by atoms with Gasteiger partial charge in [0.05, 0.1) is 17.3 Å². The Balaban J connectivity index is 1.36. The SMILES string of the molecule is Cc1cc(C)n(CC2CCN(C(=O)Nc3ccc4occc(=O)c4c3)CC2)n1. The molecule has 3 heterocycles. The molecule has 3 aromatic rings. The second-order valence-corrected chi connectivity index (χ2v) is 7.47. The Kier molecular flexibility index (Phi) is 4.90. The van der Waals surface area contributed by atoms with Crippen LogP contribution in [0.4, 0.5) is 10.5 Å². The van der Waals surface area contributed by atoms with E-state index in [4.69, 9.17) is 4.42 Å². The maximum Gasteiger partial charge on any atom is 0.321 e. The lowest BCUT2D eigenvalue weighted by Gasteiger charge is -2.32. The minimum absolute atomic E-state index is 0.123. The minimum Gasteiger partial charge on any atom is -0.464 e. The maximum atomic E-state index is 12.6. The van der Waals surface area contributed by atoms with Gasteiger partial charge in [0.1, 0.15) is 5.58 Å². The van der Waals surface area contributed by atoms with Crippen molar-refractivity contribution in [2.24, 2.45) is 5.92 Å². The monoisotopic (exact) mass is 380 g/mol. The van der Waals surface area contributed by atoms with Crippen molar-refractivity contribution in [1.82, 2.24) is 14.7 Å². The summed E-state index contributed by atoms with van der Waals surface area (Å²) in [6.07, 6.45) is 3.28. The van der Waals surface area contributed by atoms with E-state index in [9.17, 15) is 9.59 Å². The van der Waals surface area contributed by atoms with Gasteiger partial charge in [-0.25, -0.2) is 4.79 Å². The van der Waals surface area contributed by atoms with Crippen LogP contribution in [0.3, 0.4) is 0 Å². The number of rotatable bonds is 3. The second-order valence-electron chi connectivity index (χ2n) is 7.47. The number of hydrogen-bond donors (Lipinski definition) is 1. The van der Waals surface area contributed by atoms with Crippen molar-refractivity contribution in [1.29, 1.82) is 0 Å². The van der Waals surface area contributed by atoms with E-state index in [1.807, 2.05) is 11.8 Å². The van der Waals surface area contributed by atoms with Gasteiger partial charge in [0.25, 0.3) is 0 Å². The molecule has 0 saturated carbocycles. The molecule has 1 saturated heterocycles. The van der Waals surface area contributed by atoms with Crippen LogP contribution in [0.5, 0.6) is 0 Å². The van der Waals surface area contributed by atoms with Gasteiger partial charge in [0, 0.05) is 37.1 Å². The van der Waals surface area contributed by atoms with Crippen molar-refractivity contribution in [3.05, 3.63) is 58.2 Å². The topological polar surface area (TPSA) is 80.4 Å². The van der Waals surface area contributed by atoms with Gasteiger partial charge in [0.15, 0.2) is 5.43 Å². The average Bonchev–Trinajstić information content (AvgIpc) is 3.00. The number of carbonyl (C=O) groups excluding carboxylic acids is 1. The fourth-order valence-electron chi connectivity index (χ4n) is 3.79. The summed E-state index contributed by atoms with van der Waals surface area (Å²) in [5, 5.41) is 7.90. The number of urea groups is 1. The molecule has 146 valence electrons. The van der Waals surface area contributed by atoms with Crippen LogP contribution in [0.1, 0.15) is 24.2 Å². The van der Waals surface area contributed by atoms with Crippen LogP contribution in [0.2, 0.25) is 0 Å². The molecule has 1 N–H and O–H groups in total. The number of anilines is 1. The Morgan fingerprint density at radius 1 is 1.21 bits per heavy atom. The number of likely N-dealkylation sites (tertiary alicyclic amines) is 1. The number of amides is 2. The van der Waals surface area contributed by atoms with E-state index in [1.165, 1.54) is 18.0 Å². The lowest BCUT2D eigenvalue weighted by atomic mass is 9.97. The van der Waals surface area contributed by atoms with Crippen LogP contribution in [-0.2, 0) is 6.54 Å². The molecular formula is C21H24N4O3. The molecule has 0 spiro atoms. The number of nitrogens with one attached hydrogen (secondary N) is 1. The molecule has 0 bridgehead atoms. The van der Waals surface area contributed by atoms with Gasteiger partial charge < -0.3 is 14.6 Å². The quantitative estimate of drug-likeness (QED) is 0.753. The van der Waals surface area contributed by atoms with Crippen molar-refractivity contribution < 1.29 is 9.21 Å². The first-order valence-electron chi connectivity index (χ1n) is 9.58. The molecule has 7 nitrogen and oxygen atoms in total. The highest BCUT2D eigenvalue weighted by Crippen LogP contribution is 2.22. The summed E-state index contributed by atoms with van der Waals surface area (Å²) in [6, 6.07) is 8.44. The van der Waals surface area contributed by atoms with Crippen molar-refractivity contribution in [2.75, 3.05) is 18.4 Å². The lowest BCUT2D eigenvalue weighted by Crippen LogP contribution is -2.41. The Bertz CT molecular complexity index is 1060. The third-order valence-corrected chi connectivity index (χ3v) is 5.35. The van der Waals surface area contributed by atoms with Crippen LogP contribution in [0, 0.1) is 19.8 Å². The predicted molar refractivity (Wildman–Crippen MR) is 108 cm³/mol. The molecule has 1 aliphatic heterocycles. The first-order chi connectivity index (χ1) is 13.5. The largest absolute Gasteiger partial charge is 0.464 e. The molecule has 28 heavy (non-hydrogen) atoms. The average molecular weight is 380 g/mol. The first kappa shape index (κ1) is 18.3. The normalized spacial score (nSPS) is 15.1. The van der Waals surface area contributed by atoms with E-state index in [0.717, 1.165) is 25.1 Å². The summed E-state index contributed by atoms with van der Waals surface area (Å²) in [7, 11) is 0. The zero-order chi connectivity index (χ0) is 19.7. The van der Waals surface area contributed by atoms with Gasteiger partial charge in [-0.2, -0.15) is 5.10 Å². The Morgan fingerprint density at radius 3 is 2.71 bits per heavy atom. The van der Waals surface area contributed by atoms with Crippen molar-refractivity contribution in [3.63, 3.8) is 0 Å². The highest BCUT2D eigenvalue weighted by molar-refractivity contribution is 5.92. The molecular weight excluding hydrogens is 356 g/mol. The Morgan fingerprint density at radius 2 is 2.00 bits per heavy atom. The molecule has 1 fully saturated rings. The molecule has 1 aliphatic rings. The highest BCUT2D eigenvalue weighted by Gasteiger charge is 2.23. The molecule has 2 amide bonds. The number of benzene rings is 1. The first-order valence-corrected chi connectivity index (χ1v) is 9.58. The number of nitrogens with zero attached hydrogens (tertiary/aromatic N) is 3. The van der Waals surface area contributed by atoms with E-state index in [1.54, 1.807) is 18.2 Å². The predicted octanol–water partition coefficient (Wildman–Crippen LogP) is 3.55. The van der Waals surface area contributed by atoms with Crippen LogP contribution in [0.25, 0.3) is 11.0 Å². The standard InChI is InChI=1S/C21H24N4O3/c1-14-11-15(2)25(23-14)13-16-5-8-24(9-6-16)21(27)22-17-3-4-20-18(12-17)19(26)7-10-28-20/h3-4,7,10-12,16H,5-6,8-9,13H2,1-2H3,(H,22,27). The molecule has 7 heteroatoms. The molecule has 0 atom stereocenters. The van der Waals surface area contributed by atoms with E-state index in [2.05, 4.69) is 28.1 Å².